The van der Waals surface area contributed by atoms with Gasteiger partial charge < -0.3 is 15.1 Å². The molecule has 1 N–H and O–H groups in total. The van der Waals surface area contributed by atoms with Crippen LogP contribution < -0.4 is 10.2 Å². The Morgan fingerprint density at radius 2 is 1.85 bits per heavy atom. The average molecular weight is 383 g/mol. The van der Waals surface area contributed by atoms with Gasteiger partial charge in [-0.1, -0.05) is 29.8 Å². The molecule has 1 aliphatic heterocycles. The van der Waals surface area contributed by atoms with Crippen molar-refractivity contribution in [3.05, 3.63) is 53.6 Å². The SMILES string of the molecule is Cc1ccc(NC(=S)N2CCN(c3nsc4ccccc34)CC2)c(C)c1. The van der Waals surface area contributed by atoms with Gasteiger partial charge in [-0.25, -0.2) is 0 Å². The molecule has 0 bridgehead atoms. The Morgan fingerprint density at radius 1 is 1.08 bits per heavy atom. The van der Waals surface area contributed by atoms with E-state index in [1.165, 1.54) is 21.2 Å². The molecule has 0 amide bonds. The van der Waals surface area contributed by atoms with Crippen LogP contribution in [0, 0.1) is 13.8 Å². The van der Waals surface area contributed by atoms with Gasteiger partial charge in [0.25, 0.3) is 0 Å². The van der Waals surface area contributed by atoms with Crippen LogP contribution in [0.25, 0.3) is 10.1 Å². The zero-order valence-electron chi connectivity index (χ0n) is 15.0. The number of anilines is 2. The minimum atomic E-state index is 0.805. The Hall–Kier alpha value is -2.18. The summed E-state index contributed by atoms with van der Waals surface area (Å²) in [6.07, 6.45) is 0. The zero-order chi connectivity index (χ0) is 18.1. The van der Waals surface area contributed by atoms with Crippen molar-refractivity contribution in [2.24, 2.45) is 0 Å². The summed E-state index contributed by atoms with van der Waals surface area (Å²) in [6, 6.07) is 14.8. The third kappa shape index (κ3) is 3.39. The fourth-order valence-corrected chi connectivity index (χ4v) is 4.46. The first-order chi connectivity index (χ1) is 12.6. The first-order valence-corrected chi connectivity index (χ1v) is 10.0. The highest BCUT2D eigenvalue weighted by molar-refractivity contribution is 7.80. The average Bonchev–Trinajstić information content (AvgIpc) is 3.08. The summed E-state index contributed by atoms with van der Waals surface area (Å²) < 4.78 is 5.92. The van der Waals surface area contributed by atoms with Crippen LogP contribution in [0.1, 0.15) is 11.1 Å². The summed E-state index contributed by atoms with van der Waals surface area (Å²) in [5.74, 6) is 1.11. The van der Waals surface area contributed by atoms with Crippen molar-refractivity contribution in [1.82, 2.24) is 9.27 Å². The van der Waals surface area contributed by atoms with Crippen LogP contribution in [0.5, 0.6) is 0 Å². The lowest BCUT2D eigenvalue weighted by Gasteiger charge is -2.36. The largest absolute Gasteiger partial charge is 0.352 e. The number of aromatic nitrogens is 1. The van der Waals surface area contributed by atoms with Crippen molar-refractivity contribution in [1.29, 1.82) is 0 Å². The molecule has 134 valence electrons. The Morgan fingerprint density at radius 3 is 2.62 bits per heavy atom. The summed E-state index contributed by atoms with van der Waals surface area (Å²) in [4.78, 5) is 4.62. The van der Waals surface area contributed by atoms with E-state index in [9.17, 15) is 0 Å². The minimum Gasteiger partial charge on any atom is -0.352 e. The summed E-state index contributed by atoms with van der Waals surface area (Å²) in [5.41, 5.74) is 3.58. The van der Waals surface area contributed by atoms with E-state index in [2.05, 4.69) is 75.8 Å². The highest BCUT2D eigenvalue weighted by Gasteiger charge is 2.22. The van der Waals surface area contributed by atoms with E-state index in [0.717, 1.165) is 42.8 Å². The standard InChI is InChI=1S/C20H22N4S2/c1-14-7-8-17(15(2)13-14)21-20(25)24-11-9-23(10-12-24)19-16-5-3-4-6-18(16)26-22-19/h3-8,13H,9-12H2,1-2H3,(H,21,25). The second kappa shape index (κ2) is 7.21. The second-order valence-electron chi connectivity index (χ2n) is 6.72. The smallest absolute Gasteiger partial charge is 0.173 e. The molecule has 0 unspecified atom stereocenters. The van der Waals surface area contributed by atoms with Gasteiger partial charge in [0.05, 0.1) is 4.70 Å². The van der Waals surface area contributed by atoms with Crippen molar-refractivity contribution in [3.8, 4) is 0 Å². The highest BCUT2D eigenvalue weighted by Crippen LogP contribution is 2.30. The maximum absolute atomic E-state index is 5.65. The third-order valence-electron chi connectivity index (χ3n) is 4.85. The van der Waals surface area contributed by atoms with Crippen molar-refractivity contribution in [2.75, 3.05) is 36.4 Å². The lowest BCUT2D eigenvalue weighted by molar-refractivity contribution is 0.390. The van der Waals surface area contributed by atoms with Gasteiger partial charge in [0.15, 0.2) is 5.11 Å². The Bertz CT molecular complexity index is 942. The van der Waals surface area contributed by atoms with Crippen molar-refractivity contribution in [3.63, 3.8) is 0 Å². The topological polar surface area (TPSA) is 31.4 Å². The number of thiocarbonyl (C=S) groups is 1. The Balaban J connectivity index is 1.41. The van der Waals surface area contributed by atoms with Gasteiger partial charge in [0.1, 0.15) is 5.82 Å². The van der Waals surface area contributed by atoms with E-state index in [-0.39, 0.29) is 0 Å². The van der Waals surface area contributed by atoms with E-state index in [4.69, 9.17) is 12.2 Å². The van der Waals surface area contributed by atoms with Gasteiger partial charge in [-0.15, -0.1) is 0 Å². The van der Waals surface area contributed by atoms with Crippen molar-refractivity contribution in [2.45, 2.75) is 13.8 Å². The summed E-state index contributed by atoms with van der Waals surface area (Å²) in [5, 5.41) is 5.47. The molecule has 26 heavy (non-hydrogen) atoms. The molecule has 0 atom stereocenters. The number of benzene rings is 2. The molecule has 6 heteroatoms. The molecule has 0 spiro atoms. The van der Waals surface area contributed by atoms with Crippen LogP contribution in [0.4, 0.5) is 11.5 Å². The second-order valence-corrected chi connectivity index (χ2v) is 7.92. The normalized spacial score (nSPS) is 14.7. The van der Waals surface area contributed by atoms with E-state index < -0.39 is 0 Å². The lowest BCUT2D eigenvalue weighted by Crippen LogP contribution is -2.50. The van der Waals surface area contributed by atoms with Gasteiger partial charge in [-0.3, -0.25) is 0 Å². The van der Waals surface area contributed by atoms with Crippen molar-refractivity contribution < 1.29 is 0 Å². The number of hydrogen-bond acceptors (Lipinski definition) is 4. The molecule has 2 aromatic carbocycles. The fraction of sp³-hybridized carbons (Fsp3) is 0.300. The molecule has 0 aliphatic carbocycles. The van der Waals surface area contributed by atoms with Crippen LogP contribution in [0.2, 0.25) is 0 Å². The summed E-state index contributed by atoms with van der Waals surface area (Å²) in [7, 11) is 0. The monoisotopic (exact) mass is 382 g/mol. The number of fused-ring (bicyclic) bond motifs is 1. The number of nitrogens with one attached hydrogen (secondary N) is 1. The molecular weight excluding hydrogens is 360 g/mol. The van der Waals surface area contributed by atoms with Gasteiger partial charge >= 0.3 is 0 Å². The fourth-order valence-electron chi connectivity index (χ4n) is 3.37. The number of aryl methyl sites for hydroxylation is 2. The van der Waals surface area contributed by atoms with Crippen LogP contribution >= 0.6 is 23.8 Å². The molecule has 1 saturated heterocycles. The quantitative estimate of drug-likeness (QED) is 0.663. The summed E-state index contributed by atoms with van der Waals surface area (Å²) >= 11 is 7.22. The Kier molecular flexibility index (Phi) is 4.78. The van der Waals surface area contributed by atoms with Crippen LogP contribution in [-0.4, -0.2) is 40.6 Å². The van der Waals surface area contributed by atoms with E-state index in [0.29, 0.717) is 0 Å². The molecule has 1 aliphatic rings. The molecule has 3 aromatic rings. The molecule has 0 saturated carbocycles. The number of nitrogens with zero attached hydrogens (tertiary/aromatic N) is 3. The van der Waals surface area contributed by atoms with E-state index in [1.54, 1.807) is 11.5 Å². The van der Waals surface area contributed by atoms with Gasteiger partial charge in [0.2, 0.25) is 0 Å². The molecule has 1 aromatic heterocycles. The number of hydrogen-bond donors (Lipinski definition) is 1. The van der Waals surface area contributed by atoms with Gasteiger partial charge in [-0.05, 0) is 61.4 Å². The maximum atomic E-state index is 5.65. The molecular formula is C20H22N4S2. The molecule has 1 fully saturated rings. The highest BCUT2D eigenvalue weighted by atomic mass is 32.1. The van der Waals surface area contributed by atoms with Crippen LogP contribution in [0.15, 0.2) is 42.5 Å². The Labute approximate surface area is 163 Å². The van der Waals surface area contributed by atoms with Gasteiger partial charge in [0, 0.05) is 37.3 Å². The number of piperazine rings is 1. The third-order valence-corrected chi connectivity index (χ3v) is 6.03. The maximum Gasteiger partial charge on any atom is 0.173 e. The van der Waals surface area contributed by atoms with E-state index in [1.807, 2.05) is 0 Å². The number of rotatable bonds is 2. The predicted octanol–water partition coefficient (Wildman–Crippen LogP) is 4.43. The zero-order valence-corrected chi connectivity index (χ0v) is 16.7. The first-order valence-electron chi connectivity index (χ1n) is 8.84. The summed E-state index contributed by atoms with van der Waals surface area (Å²) in [6.45, 7) is 7.90. The van der Waals surface area contributed by atoms with Gasteiger partial charge in [-0.2, -0.15) is 4.37 Å². The predicted molar refractivity (Wildman–Crippen MR) is 116 cm³/mol. The lowest BCUT2D eigenvalue weighted by atomic mass is 10.1. The molecule has 4 rings (SSSR count). The van der Waals surface area contributed by atoms with Crippen LogP contribution in [-0.2, 0) is 0 Å². The minimum absolute atomic E-state index is 0.805. The van der Waals surface area contributed by atoms with E-state index >= 15 is 0 Å². The molecule has 0 radical (unpaired) electrons. The first kappa shape index (κ1) is 17.2. The molecule has 4 nitrogen and oxygen atoms in total. The molecule has 2 heterocycles. The van der Waals surface area contributed by atoms with Crippen LogP contribution in [0.3, 0.4) is 0 Å². The van der Waals surface area contributed by atoms with Crippen molar-refractivity contribution >= 4 is 50.5 Å².